The van der Waals surface area contributed by atoms with E-state index in [0.717, 1.165) is 35.3 Å². The maximum Gasteiger partial charge on any atom is 0.258 e. The molecule has 30 heavy (non-hydrogen) atoms. The average Bonchev–Trinajstić information content (AvgIpc) is 3.31. The summed E-state index contributed by atoms with van der Waals surface area (Å²) in [6, 6.07) is 13.2. The Morgan fingerprint density at radius 1 is 1.27 bits per heavy atom. The second-order valence-electron chi connectivity index (χ2n) is 7.38. The molecule has 1 aromatic heterocycles. The zero-order valence-electron chi connectivity index (χ0n) is 16.8. The summed E-state index contributed by atoms with van der Waals surface area (Å²) >= 11 is 7.47. The first kappa shape index (κ1) is 20.6. The van der Waals surface area contributed by atoms with E-state index in [0.29, 0.717) is 22.1 Å². The lowest BCUT2D eigenvalue weighted by molar-refractivity contribution is -0.118. The summed E-state index contributed by atoms with van der Waals surface area (Å²) in [6.45, 7) is 4.10. The van der Waals surface area contributed by atoms with Gasteiger partial charge in [-0.25, -0.2) is 4.98 Å². The molecule has 7 heteroatoms. The van der Waals surface area contributed by atoms with Crippen molar-refractivity contribution in [2.75, 3.05) is 10.2 Å². The standard InChI is InChI=1S/C23H22ClN3O2S/c1-3-6-21(28)27-14(2)11-16-12-15(9-10-20(16)27)19-13-30-23(25-19)26-22(29)17-7-4-5-8-18(17)24/h4-5,7-10,12-14H,3,6,11H2,1-2H3,(H,25,26,29)/t14-/m0/s1. The molecule has 0 bridgehead atoms. The van der Waals surface area contributed by atoms with Gasteiger partial charge in [0.1, 0.15) is 0 Å². The van der Waals surface area contributed by atoms with Crippen molar-refractivity contribution in [2.24, 2.45) is 0 Å². The van der Waals surface area contributed by atoms with E-state index in [-0.39, 0.29) is 17.9 Å². The number of hydrogen-bond donors (Lipinski definition) is 1. The van der Waals surface area contributed by atoms with Crippen LogP contribution in [0.15, 0.2) is 47.8 Å². The third-order valence-electron chi connectivity index (χ3n) is 5.17. The SMILES string of the molecule is CCCC(=O)N1c2ccc(-c3csc(NC(=O)c4ccccc4Cl)n3)cc2C[C@@H]1C. The molecule has 1 aliphatic heterocycles. The third kappa shape index (κ3) is 3.98. The number of nitrogens with one attached hydrogen (secondary N) is 1. The second kappa shape index (κ2) is 8.58. The van der Waals surface area contributed by atoms with Gasteiger partial charge in [-0.15, -0.1) is 11.3 Å². The van der Waals surface area contributed by atoms with E-state index in [4.69, 9.17) is 11.6 Å². The Bertz CT molecular complexity index is 1110. The van der Waals surface area contributed by atoms with Gasteiger partial charge in [0, 0.05) is 29.1 Å². The lowest BCUT2D eigenvalue weighted by Gasteiger charge is -2.22. The number of fused-ring (bicyclic) bond motifs is 1. The maximum absolute atomic E-state index is 12.5. The molecule has 4 rings (SSSR count). The number of aromatic nitrogens is 1. The van der Waals surface area contributed by atoms with Crippen molar-refractivity contribution in [2.45, 2.75) is 39.2 Å². The lowest BCUT2D eigenvalue weighted by atomic mass is 10.1. The fourth-order valence-electron chi connectivity index (χ4n) is 3.78. The summed E-state index contributed by atoms with van der Waals surface area (Å²) in [7, 11) is 0. The van der Waals surface area contributed by atoms with Gasteiger partial charge >= 0.3 is 0 Å². The molecule has 0 unspecified atom stereocenters. The number of rotatable bonds is 5. The smallest absolute Gasteiger partial charge is 0.258 e. The highest BCUT2D eigenvalue weighted by Gasteiger charge is 2.30. The van der Waals surface area contributed by atoms with Crippen LogP contribution in [0.1, 0.15) is 42.6 Å². The van der Waals surface area contributed by atoms with Gasteiger partial charge in [-0.05, 0) is 49.6 Å². The fourth-order valence-corrected chi connectivity index (χ4v) is 4.71. The Labute approximate surface area is 184 Å². The topological polar surface area (TPSA) is 62.3 Å². The van der Waals surface area contributed by atoms with Crippen LogP contribution in [0.25, 0.3) is 11.3 Å². The highest BCUT2D eigenvalue weighted by Crippen LogP contribution is 2.36. The van der Waals surface area contributed by atoms with Crippen LogP contribution >= 0.6 is 22.9 Å². The summed E-state index contributed by atoms with van der Waals surface area (Å²) in [5, 5.41) is 5.66. The predicted octanol–water partition coefficient (Wildman–Crippen LogP) is 5.79. The van der Waals surface area contributed by atoms with Gasteiger partial charge < -0.3 is 4.90 Å². The van der Waals surface area contributed by atoms with Gasteiger partial charge in [0.25, 0.3) is 5.91 Å². The van der Waals surface area contributed by atoms with Gasteiger partial charge in [0.2, 0.25) is 5.91 Å². The van der Waals surface area contributed by atoms with Crippen LogP contribution in [-0.2, 0) is 11.2 Å². The average molecular weight is 440 g/mol. The minimum atomic E-state index is -0.283. The summed E-state index contributed by atoms with van der Waals surface area (Å²) in [4.78, 5) is 31.4. The molecule has 154 valence electrons. The van der Waals surface area contributed by atoms with Crippen molar-refractivity contribution in [3.63, 3.8) is 0 Å². The molecule has 0 radical (unpaired) electrons. The van der Waals surface area contributed by atoms with Gasteiger partial charge in [0.05, 0.1) is 16.3 Å². The third-order valence-corrected chi connectivity index (χ3v) is 6.25. The number of thiazole rings is 1. The number of carbonyl (C=O) groups is 2. The van der Waals surface area contributed by atoms with Crippen molar-refractivity contribution < 1.29 is 9.59 Å². The first-order valence-corrected chi connectivity index (χ1v) is 11.2. The van der Waals surface area contributed by atoms with Crippen LogP contribution in [0.3, 0.4) is 0 Å². The van der Waals surface area contributed by atoms with Crippen LogP contribution in [-0.4, -0.2) is 22.8 Å². The van der Waals surface area contributed by atoms with Crippen LogP contribution in [0.4, 0.5) is 10.8 Å². The summed E-state index contributed by atoms with van der Waals surface area (Å²) < 4.78 is 0. The predicted molar refractivity (Wildman–Crippen MR) is 123 cm³/mol. The zero-order valence-corrected chi connectivity index (χ0v) is 18.4. The van der Waals surface area contributed by atoms with E-state index in [9.17, 15) is 9.59 Å². The van der Waals surface area contributed by atoms with E-state index in [1.807, 2.05) is 29.3 Å². The Hall–Kier alpha value is -2.70. The van der Waals surface area contributed by atoms with Crippen molar-refractivity contribution in [1.29, 1.82) is 0 Å². The molecule has 2 aromatic carbocycles. The van der Waals surface area contributed by atoms with Gasteiger partial charge in [-0.1, -0.05) is 36.7 Å². The molecular formula is C23H22ClN3O2S. The molecule has 2 heterocycles. The Balaban J connectivity index is 1.53. The largest absolute Gasteiger partial charge is 0.309 e. The Morgan fingerprint density at radius 3 is 2.83 bits per heavy atom. The number of anilines is 2. The zero-order chi connectivity index (χ0) is 21.3. The molecule has 1 atom stereocenters. The van der Waals surface area contributed by atoms with Crippen molar-refractivity contribution >= 4 is 45.6 Å². The molecule has 1 N–H and O–H groups in total. The van der Waals surface area contributed by atoms with E-state index >= 15 is 0 Å². The van der Waals surface area contributed by atoms with E-state index < -0.39 is 0 Å². The second-order valence-corrected chi connectivity index (χ2v) is 8.65. The first-order chi connectivity index (χ1) is 14.5. The molecular weight excluding hydrogens is 418 g/mol. The molecule has 0 fully saturated rings. The van der Waals surface area contributed by atoms with E-state index in [1.54, 1.807) is 24.3 Å². The molecule has 1 aliphatic rings. The Kier molecular flexibility index (Phi) is 5.88. The normalized spacial score (nSPS) is 15.2. The highest BCUT2D eigenvalue weighted by molar-refractivity contribution is 7.14. The summed E-state index contributed by atoms with van der Waals surface area (Å²) in [6.07, 6.45) is 2.24. The number of nitrogens with zero attached hydrogens (tertiary/aromatic N) is 2. The van der Waals surface area contributed by atoms with Crippen LogP contribution in [0.2, 0.25) is 5.02 Å². The number of carbonyl (C=O) groups excluding carboxylic acids is 2. The van der Waals surface area contributed by atoms with Crippen molar-refractivity contribution in [3.05, 3.63) is 64.0 Å². The molecule has 2 amide bonds. The monoisotopic (exact) mass is 439 g/mol. The van der Waals surface area contributed by atoms with E-state index in [1.165, 1.54) is 11.3 Å². The molecule has 3 aromatic rings. The van der Waals surface area contributed by atoms with Crippen molar-refractivity contribution in [3.8, 4) is 11.3 Å². The van der Waals surface area contributed by atoms with Crippen LogP contribution < -0.4 is 10.2 Å². The van der Waals surface area contributed by atoms with Crippen LogP contribution in [0, 0.1) is 0 Å². The van der Waals surface area contributed by atoms with Gasteiger partial charge in [0.15, 0.2) is 5.13 Å². The van der Waals surface area contributed by atoms with Crippen LogP contribution in [0.5, 0.6) is 0 Å². The lowest BCUT2D eigenvalue weighted by Crippen LogP contribution is -2.35. The first-order valence-electron chi connectivity index (χ1n) is 9.94. The molecule has 0 spiro atoms. The molecule has 0 saturated heterocycles. The minimum absolute atomic E-state index is 0.162. The molecule has 5 nitrogen and oxygen atoms in total. The maximum atomic E-state index is 12.5. The summed E-state index contributed by atoms with van der Waals surface area (Å²) in [5.74, 6) is -0.107. The molecule has 0 saturated carbocycles. The van der Waals surface area contributed by atoms with Gasteiger partial charge in [-0.2, -0.15) is 0 Å². The number of hydrogen-bond acceptors (Lipinski definition) is 4. The fraction of sp³-hybridized carbons (Fsp3) is 0.261. The number of halogens is 1. The van der Waals surface area contributed by atoms with Crippen molar-refractivity contribution in [1.82, 2.24) is 4.98 Å². The Morgan fingerprint density at radius 2 is 2.07 bits per heavy atom. The molecule has 0 aliphatic carbocycles. The number of benzene rings is 2. The quantitative estimate of drug-likeness (QED) is 0.547. The van der Waals surface area contributed by atoms with E-state index in [2.05, 4.69) is 23.3 Å². The minimum Gasteiger partial charge on any atom is -0.309 e. The highest BCUT2D eigenvalue weighted by atomic mass is 35.5. The van der Waals surface area contributed by atoms with Gasteiger partial charge in [-0.3, -0.25) is 14.9 Å². The number of amides is 2. The summed E-state index contributed by atoms with van der Waals surface area (Å²) in [5.41, 5.74) is 4.33.